The molecule has 6 nitrogen and oxygen atoms in total. The molecule has 26 heavy (non-hydrogen) atoms. The lowest BCUT2D eigenvalue weighted by atomic mass is 9.94. The van der Waals surface area contributed by atoms with Crippen molar-refractivity contribution in [1.29, 1.82) is 5.26 Å². The van der Waals surface area contributed by atoms with Crippen LogP contribution < -0.4 is 5.32 Å². The molecule has 0 spiro atoms. The topological polar surface area (TPSA) is 103 Å². The standard InChI is InChI=1S/C19H19IN2O4/c1-12(8-9-23)18(16-10-14(20)4-7-17(16)24)26-19(25)22-15-5-2-13(11-21)3-6-15/h2-7,10,12,18,23-24H,8-9H2,1H3,(H,22,25)/t12-,18+/m0/s1. The summed E-state index contributed by atoms with van der Waals surface area (Å²) in [6.45, 7) is 1.79. The zero-order valence-electron chi connectivity index (χ0n) is 14.1. The quantitative estimate of drug-likeness (QED) is 0.555. The van der Waals surface area contributed by atoms with E-state index in [1.54, 1.807) is 42.5 Å². The van der Waals surface area contributed by atoms with Crippen molar-refractivity contribution < 1.29 is 19.7 Å². The Balaban J connectivity index is 2.18. The molecule has 0 aliphatic carbocycles. The number of ether oxygens (including phenoxy) is 1. The van der Waals surface area contributed by atoms with E-state index in [1.807, 2.05) is 13.0 Å². The molecular formula is C19H19IN2O4. The molecule has 136 valence electrons. The van der Waals surface area contributed by atoms with Crippen molar-refractivity contribution >= 4 is 34.4 Å². The van der Waals surface area contributed by atoms with E-state index in [2.05, 4.69) is 27.9 Å². The Labute approximate surface area is 165 Å². The fourth-order valence-electron chi connectivity index (χ4n) is 2.49. The van der Waals surface area contributed by atoms with Gasteiger partial charge in [0.05, 0.1) is 11.6 Å². The van der Waals surface area contributed by atoms with Crippen LogP contribution in [0.4, 0.5) is 10.5 Å². The Morgan fingerprint density at radius 3 is 2.62 bits per heavy atom. The molecule has 0 saturated heterocycles. The fourth-order valence-corrected chi connectivity index (χ4v) is 3.00. The van der Waals surface area contributed by atoms with Crippen LogP contribution in [-0.2, 0) is 4.74 Å². The predicted molar refractivity (Wildman–Crippen MR) is 106 cm³/mol. The average Bonchev–Trinajstić information content (AvgIpc) is 2.62. The van der Waals surface area contributed by atoms with E-state index in [9.17, 15) is 15.0 Å². The summed E-state index contributed by atoms with van der Waals surface area (Å²) in [6.07, 6.45) is -0.974. The van der Waals surface area contributed by atoms with Gasteiger partial charge in [0, 0.05) is 21.4 Å². The number of amides is 1. The van der Waals surface area contributed by atoms with Gasteiger partial charge < -0.3 is 14.9 Å². The van der Waals surface area contributed by atoms with Gasteiger partial charge in [-0.05, 0) is 77.4 Å². The average molecular weight is 466 g/mol. The number of carbonyl (C=O) groups excluding carboxylic acids is 1. The van der Waals surface area contributed by atoms with Crippen LogP contribution in [0.15, 0.2) is 42.5 Å². The monoisotopic (exact) mass is 466 g/mol. The number of benzene rings is 2. The number of aromatic hydroxyl groups is 1. The molecule has 0 heterocycles. The maximum absolute atomic E-state index is 12.3. The molecule has 0 aliphatic heterocycles. The summed E-state index contributed by atoms with van der Waals surface area (Å²) in [6, 6.07) is 13.5. The highest BCUT2D eigenvalue weighted by Gasteiger charge is 2.26. The van der Waals surface area contributed by atoms with E-state index in [4.69, 9.17) is 10.00 Å². The second kappa shape index (κ2) is 9.40. The van der Waals surface area contributed by atoms with Gasteiger partial charge >= 0.3 is 6.09 Å². The lowest BCUT2D eigenvalue weighted by molar-refractivity contribution is 0.0652. The smallest absolute Gasteiger partial charge is 0.412 e. The fraction of sp³-hybridized carbons (Fsp3) is 0.263. The van der Waals surface area contributed by atoms with E-state index in [0.29, 0.717) is 23.2 Å². The van der Waals surface area contributed by atoms with Crippen molar-refractivity contribution in [3.63, 3.8) is 0 Å². The van der Waals surface area contributed by atoms with Crippen LogP contribution in [-0.4, -0.2) is 22.9 Å². The number of aliphatic hydroxyl groups is 1. The van der Waals surface area contributed by atoms with Gasteiger partial charge in [-0.2, -0.15) is 5.26 Å². The van der Waals surface area contributed by atoms with Gasteiger partial charge in [-0.1, -0.05) is 6.92 Å². The van der Waals surface area contributed by atoms with E-state index < -0.39 is 12.2 Å². The summed E-state index contributed by atoms with van der Waals surface area (Å²) in [5.41, 5.74) is 1.48. The Morgan fingerprint density at radius 2 is 2.00 bits per heavy atom. The third-order valence-corrected chi connectivity index (χ3v) is 4.56. The summed E-state index contributed by atoms with van der Waals surface area (Å²) >= 11 is 2.12. The third kappa shape index (κ3) is 5.34. The van der Waals surface area contributed by atoms with Crippen LogP contribution in [0.25, 0.3) is 0 Å². The van der Waals surface area contributed by atoms with Crippen LogP contribution in [0.2, 0.25) is 0 Å². The molecule has 0 unspecified atom stereocenters. The predicted octanol–water partition coefficient (Wildman–Crippen LogP) is 4.18. The van der Waals surface area contributed by atoms with Gasteiger partial charge in [-0.3, -0.25) is 5.32 Å². The Bertz CT molecular complexity index is 802. The molecule has 0 fully saturated rings. The van der Waals surface area contributed by atoms with Gasteiger partial charge in [-0.15, -0.1) is 0 Å². The highest BCUT2D eigenvalue weighted by atomic mass is 127. The summed E-state index contributed by atoms with van der Waals surface area (Å²) in [4.78, 5) is 12.3. The van der Waals surface area contributed by atoms with Crippen LogP contribution in [0.3, 0.4) is 0 Å². The van der Waals surface area contributed by atoms with Crippen LogP contribution in [0, 0.1) is 20.8 Å². The number of phenols is 1. The van der Waals surface area contributed by atoms with Crippen LogP contribution in [0.1, 0.15) is 30.6 Å². The number of nitriles is 1. The number of rotatable bonds is 6. The Hall–Kier alpha value is -2.31. The number of halogens is 1. The first-order chi connectivity index (χ1) is 12.4. The highest BCUT2D eigenvalue weighted by Crippen LogP contribution is 2.35. The molecule has 7 heteroatoms. The van der Waals surface area contributed by atoms with Crippen LogP contribution >= 0.6 is 22.6 Å². The lowest BCUT2D eigenvalue weighted by Gasteiger charge is -2.25. The number of aliphatic hydroxyl groups excluding tert-OH is 1. The molecule has 0 bridgehead atoms. The van der Waals surface area contributed by atoms with Crippen molar-refractivity contribution in [3.05, 3.63) is 57.2 Å². The van der Waals surface area contributed by atoms with Crippen molar-refractivity contribution in [3.8, 4) is 11.8 Å². The SMILES string of the molecule is C[C@@H](CCO)[C@@H](OC(=O)Nc1ccc(C#N)cc1)c1cc(I)ccc1O. The van der Waals surface area contributed by atoms with Gasteiger partial charge in [0.1, 0.15) is 11.9 Å². The zero-order chi connectivity index (χ0) is 19.1. The van der Waals surface area contributed by atoms with Crippen molar-refractivity contribution in [2.24, 2.45) is 5.92 Å². The zero-order valence-corrected chi connectivity index (χ0v) is 16.3. The maximum atomic E-state index is 12.3. The Kier molecular flexibility index (Phi) is 7.24. The number of nitrogens with one attached hydrogen (secondary N) is 1. The molecule has 1 amide bonds. The van der Waals surface area contributed by atoms with Crippen molar-refractivity contribution in [2.75, 3.05) is 11.9 Å². The molecule has 2 rings (SSSR count). The molecular weight excluding hydrogens is 447 g/mol. The van der Waals surface area contributed by atoms with Gasteiger partial charge in [0.2, 0.25) is 0 Å². The van der Waals surface area contributed by atoms with Crippen molar-refractivity contribution in [2.45, 2.75) is 19.4 Å². The molecule has 3 N–H and O–H groups in total. The number of hydrogen-bond acceptors (Lipinski definition) is 5. The summed E-state index contributed by atoms with van der Waals surface area (Å²) in [5, 5.41) is 30.8. The second-order valence-corrected chi connectivity index (χ2v) is 7.08. The van der Waals surface area contributed by atoms with E-state index >= 15 is 0 Å². The first kappa shape index (κ1) is 20.0. The van der Waals surface area contributed by atoms with Gasteiger partial charge in [0.25, 0.3) is 0 Å². The number of carbonyl (C=O) groups is 1. The molecule has 2 atom stereocenters. The minimum atomic E-state index is -0.713. The Morgan fingerprint density at radius 1 is 1.31 bits per heavy atom. The number of hydrogen-bond donors (Lipinski definition) is 3. The lowest BCUT2D eigenvalue weighted by Crippen LogP contribution is -2.22. The number of phenolic OH excluding ortho intramolecular Hbond substituents is 1. The van der Waals surface area contributed by atoms with E-state index in [0.717, 1.165) is 3.57 Å². The molecule has 2 aromatic rings. The summed E-state index contributed by atoms with van der Waals surface area (Å²) in [7, 11) is 0. The number of anilines is 1. The highest BCUT2D eigenvalue weighted by molar-refractivity contribution is 14.1. The normalized spacial score (nSPS) is 12.7. The van der Waals surface area contributed by atoms with Gasteiger partial charge in [-0.25, -0.2) is 4.79 Å². The van der Waals surface area contributed by atoms with Crippen LogP contribution in [0.5, 0.6) is 5.75 Å². The summed E-state index contributed by atoms with van der Waals surface area (Å²) < 4.78 is 6.45. The number of nitrogens with zero attached hydrogens (tertiary/aromatic N) is 1. The minimum Gasteiger partial charge on any atom is -0.508 e. The second-order valence-electron chi connectivity index (χ2n) is 5.83. The minimum absolute atomic E-state index is 0.0337. The van der Waals surface area contributed by atoms with E-state index in [1.165, 1.54) is 0 Å². The first-order valence-corrected chi connectivity index (χ1v) is 9.09. The summed E-state index contributed by atoms with van der Waals surface area (Å²) in [5.74, 6) is -0.165. The van der Waals surface area contributed by atoms with Gasteiger partial charge in [0.15, 0.2) is 0 Å². The molecule has 0 saturated carbocycles. The maximum Gasteiger partial charge on any atom is 0.412 e. The molecule has 0 radical (unpaired) electrons. The molecule has 2 aromatic carbocycles. The molecule has 0 aromatic heterocycles. The van der Waals surface area contributed by atoms with Crippen molar-refractivity contribution in [1.82, 2.24) is 0 Å². The van der Waals surface area contributed by atoms with E-state index in [-0.39, 0.29) is 18.3 Å². The first-order valence-electron chi connectivity index (χ1n) is 8.01. The third-order valence-electron chi connectivity index (χ3n) is 3.89. The largest absolute Gasteiger partial charge is 0.508 e. The molecule has 0 aliphatic rings.